The second-order valence-corrected chi connectivity index (χ2v) is 7.64. The normalized spacial score (nSPS) is 50.7. The Labute approximate surface area is 134 Å². The van der Waals surface area contributed by atoms with Crippen molar-refractivity contribution in [2.24, 2.45) is 11.3 Å². The van der Waals surface area contributed by atoms with Gasteiger partial charge in [0.1, 0.15) is 11.7 Å². The molecule has 23 heavy (non-hydrogen) atoms. The van der Waals surface area contributed by atoms with E-state index < -0.39 is 34.8 Å². The molecule has 1 saturated heterocycles. The number of hydrogen-bond donors (Lipinski definition) is 1. The van der Waals surface area contributed by atoms with Crippen LogP contribution in [0.25, 0.3) is 0 Å². The lowest BCUT2D eigenvalue weighted by molar-refractivity contribution is -0.225. The first kappa shape index (κ1) is 15.1. The van der Waals surface area contributed by atoms with Crippen LogP contribution in [0.4, 0.5) is 0 Å². The maximum absolute atomic E-state index is 12.1. The van der Waals surface area contributed by atoms with Crippen molar-refractivity contribution < 1.29 is 28.9 Å². The molecular formula is C17H22O6. The van der Waals surface area contributed by atoms with E-state index in [9.17, 15) is 14.7 Å². The number of ether oxygens (including phenoxy) is 3. The number of aliphatic hydroxyl groups is 1. The lowest BCUT2D eigenvalue weighted by Crippen LogP contribution is -2.64. The quantitative estimate of drug-likeness (QED) is 0.581. The summed E-state index contributed by atoms with van der Waals surface area (Å²) >= 11 is 0. The van der Waals surface area contributed by atoms with E-state index in [-0.39, 0.29) is 18.4 Å². The zero-order chi connectivity index (χ0) is 16.8. The number of carbonyl (C=O) groups is 2. The minimum atomic E-state index is -1.73. The zero-order valence-electron chi connectivity index (χ0n) is 13.8. The summed E-state index contributed by atoms with van der Waals surface area (Å²) in [5.74, 6) is -2.49. The highest BCUT2D eigenvalue weighted by Gasteiger charge is 2.80. The third-order valence-corrected chi connectivity index (χ3v) is 6.60. The molecule has 2 aliphatic heterocycles. The Bertz CT molecular complexity index is 653. The van der Waals surface area contributed by atoms with Crippen molar-refractivity contribution in [3.63, 3.8) is 0 Å². The maximum atomic E-state index is 12.1. The molecule has 0 amide bonds. The number of rotatable bonds is 1. The van der Waals surface area contributed by atoms with Crippen LogP contribution in [0.2, 0.25) is 0 Å². The molecular weight excluding hydrogens is 300 g/mol. The van der Waals surface area contributed by atoms with Gasteiger partial charge in [0.15, 0.2) is 0 Å². The smallest absolute Gasteiger partial charge is 0.336 e. The average molecular weight is 322 g/mol. The van der Waals surface area contributed by atoms with E-state index in [1.165, 1.54) is 6.92 Å². The van der Waals surface area contributed by atoms with Crippen molar-refractivity contribution in [2.45, 2.75) is 70.6 Å². The molecule has 0 aromatic heterocycles. The lowest BCUT2D eigenvalue weighted by Gasteiger charge is -2.54. The molecule has 0 bridgehead atoms. The minimum Gasteiger partial charge on any atom is -0.457 e. The van der Waals surface area contributed by atoms with E-state index in [0.717, 1.165) is 12.8 Å². The number of esters is 2. The maximum Gasteiger partial charge on any atom is 0.336 e. The third kappa shape index (κ3) is 1.61. The molecule has 1 N–H and O–H groups in total. The van der Waals surface area contributed by atoms with Crippen LogP contribution in [-0.4, -0.2) is 40.6 Å². The molecule has 126 valence electrons. The van der Waals surface area contributed by atoms with Crippen molar-refractivity contribution in [3.05, 3.63) is 11.1 Å². The minimum absolute atomic E-state index is 0.0203. The Kier molecular flexibility index (Phi) is 2.74. The van der Waals surface area contributed by atoms with E-state index >= 15 is 0 Å². The predicted octanol–water partition coefficient (Wildman–Crippen LogP) is 1.46. The van der Waals surface area contributed by atoms with Gasteiger partial charge in [-0.1, -0.05) is 13.8 Å². The molecule has 4 rings (SSSR count). The van der Waals surface area contributed by atoms with Crippen LogP contribution in [0, 0.1) is 11.3 Å². The van der Waals surface area contributed by atoms with Crippen LogP contribution in [-0.2, 0) is 23.8 Å². The largest absolute Gasteiger partial charge is 0.457 e. The molecule has 0 radical (unpaired) electrons. The number of fused-ring (bicyclic) bond motifs is 1. The fourth-order valence-electron chi connectivity index (χ4n) is 5.15. The monoisotopic (exact) mass is 322 g/mol. The fraction of sp³-hybridized carbons (Fsp3) is 0.765. The van der Waals surface area contributed by atoms with Crippen LogP contribution in [0.1, 0.15) is 47.0 Å². The van der Waals surface area contributed by atoms with E-state index in [1.807, 2.05) is 6.92 Å². The van der Waals surface area contributed by atoms with Gasteiger partial charge in [-0.15, -0.1) is 0 Å². The third-order valence-electron chi connectivity index (χ3n) is 6.60. The zero-order valence-corrected chi connectivity index (χ0v) is 13.8. The van der Waals surface area contributed by atoms with Gasteiger partial charge in [0.2, 0.25) is 5.79 Å². The fourth-order valence-corrected chi connectivity index (χ4v) is 5.15. The Hall–Kier alpha value is -1.40. The van der Waals surface area contributed by atoms with Crippen LogP contribution >= 0.6 is 0 Å². The van der Waals surface area contributed by atoms with Crippen molar-refractivity contribution >= 4 is 11.9 Å². The lowest BCUT2D eigenvalue weighted by atomic mass is 9.51. The van der Waals surface area contributed by atoms with Gasteiger partial charge in [0.05, 0.1) is 11.7 Å². The highest BCUT2D eigenvalue weighted by molar-refractivity contribution is 5.93. The summed E-state index contributed by atoms with van der Waals surface area (Å²) in [6.07, 6.45) is 1.38. The van der Waals surface area contributed by atoms with Crippen LogP contribution < -0.4 is 0 Å². The van der Waals surface area contributed by atoms with Crippen molar-refractivity contribution in [2.75, 3.05) is 0 Å². The molecule has 2 heterocycles. The highest BCUT2D eigenvalue weighted by Crippen LogP contribution is 2.70. The second kappa shape index (κ2) is 4.16. The van der Waals surface area contributed by atoms with Crippen molar-refractivity contribution in [1.82, 2.24) is 0 Å². The summed E-state index contributed by atoms with van der Waals surface area (Å²) in [5.41, 5.74) is -0.356. The standard InChI is InChI=1S/C17H22O6/c1-8-5-6-11-16(22-11)7-17(20)12(9(2)14(19)23-17)13(15(8,16)4)21-10(3)18/h8,11,13,20H,5-7H2,1-4H3/t8-,11+,13+,15-,16+,17+/m0/s1. The van der Waals surface area contributed by atoms with Gasteiger partial charge in [-0.05, 0) is 25.7 Å². The molecule has 2 saturated carbocycles. The van der Waals surface area contributed by atoms with Crippen molar-refractivity contribution in [3.8, 4) is 0 Å². The summed E-state index contributed by atoms with van der Waals surface area (Å²) < 4.78 is 17.0. The van der Waals surface area contributed by atoms with E-state index in [0.29, 0.717) is 11.1 Å². The second-order valence-electron chi connectivity index (χ2n) is 7.64. The van der Waals surface area contributed by atoms with Gasteiger partial charge in [-0.3, -0.25) is 4.79 Å². The van der Waals surface area contributed by atoms with E-state index in [4.69, 9.17) is 14.2 Å². The first-order valence-electron chi connectivity index (χ1n) is 8.18. The van der Waals surface area contributed by atoms with Gasteiger partial charge < -0.3 is 19.3 Å². The van der Waals surface area contributed by atoms with Gasteiger partial charge in [-0.25, -0.2) is 4.79 Å². The molecule has 3 fully saturated rings. The summed E-state index contributed by atoms with van der Waals surface area (Å²) in [7, 11) is 0. The Morgan fingerprint density at radius 1 is 1.39 bits per heavy atom. The average Bonchev–Trinajstić information content (AvgIpc) is 3.09. The Morgan fingerprint density at radius 3 is 2.74 bits per heavy atom. The predicted molar refractivity (Wildman–Crippen MR) is 78.0 cm³/mol. The van der Waals surface area contributed by atoms with Crippen LogP contribution in [0.3, 0.4) is 0 Å². The molecule has 6 atom stereocenters. The van der Waals surface area contributed by atoms with E-state index in [1.54, 1.807) is 6.92 Å². The van der Waals surface area contributed by atoms with Crippen LogP contribution in [0.15, 0.2) is 11.1 Å². The summed E-state index contributed by atoms with van der Waals surface area (Å²) in [6.45, 7) is 7.13. The highest BCUT2D eigenvalue weighted by atomic mass is 16.7. The van der Waals surface area contributed by atoms with Gasteiger partial charge >= 0.3 is 11.9 Å². The topological polar surface area (TPSA) is 85.4 Å². The SMILES string of the molecule is CC(=O)O[C@@H]1C2=C(C)C(=O)O[C@]2(O)C[C@@]23O[C@@H]2CC[C@H](C)[C@@]13C. The summed E-state index contributed by atoms with van der Waals surface area (Å²) in [4.78, 5) is 23.8. The summed E-state index contributed by atoms with van der Waals surface area (Å²) in [5, 5.41) is 11.0. The number of epoxide rings is 1. The van der Waals surface area contributed by atoms with Gasteiger partial charge in [-0.2, -0.15) is 0 Å². The molecule has 4 aliphatic rings. The molecule has 1 spiro atoms. The Morgan fingerprint density at radius 2 is 2.09 bits per heavy atom. The van der Waals surface area contributed by atoms with E-state index in [2.05, 4.69) is 6.92 Å². The number of hydrogen-bond acceptors (Lipinski definition) is 6. The van der Waals surface area contributed by atoms with Gasteiger partial charge in [0.25, 0.3) is 0 Å². The molecule has 0 aromatic carbocycles. The van der Waals surface area contributed by atoms with Gasteiger partial charge in [0, 0.05) is 24.3 Å². The Balaban J connectivity index is 1.91. The number of carbonyl (C=O) groups excluding carboxylic acids is 2. The van der Waals surface area contributed by atoms with Crippen molar-refractivity contribution in [1.29, 1.82) is 0 Å². The first-order valence-corrected chi connectivity index (χ1v) is 8.18. The molecule has 6 nitrogen and oxygen atoms in total. The van der Waals surface area contributed by atoms with Crippen LogP contribution in [0.5, 0.6) is 0 Å². The first-order chi connectivity index (χ1) is 10.7. The summed E-state index contributed by atoms with van der Waals surface area (Å²) in [6, 6.07) is 0. The molecule has 6 heteroatoms. The molecule has 0 unspecified atom stereocenters. The molecule has 0 aromatic rings. The molecule has 2 aliphatic carbocycles.